The number of hydrogen-bond donors (Lipinski definition) is 1. The predicted octanol–water partition coefficient (Wildman–Crippen LogP) is 2.59. The van der Waals surface area contributed by atoms with Gasteiger partial charge in [-0.25, -0.2) is 4.39 Å². The van der Waals surface area contributed by atoms with Crippen molar-refractivity contribution in [3.8, 4) is 0 Å². The number of benzene rings is 1. The van der Waals surface area contributed by atoms with Crippen LogP contribution in [-0.2, 0) is 6.42 Å². The molecule has 82 valence electrons. The topological polar surface area (TPSA) is 12.0 Å². The Morgan fingerprint density at radius 3 is 2.87 bits per heavy atom. The van der Waals surface area contributed by atoms with Gasteiger partial charge in [0.25, 0.3) is 0 Å². The van der Waals surface area contributed by atoms with Crippen LogP contribution in [0.25, 0.3) is 0 Å². The molecule has 1 atom stereocenters. The average molecular weight is 207 g/mol. The molecule has 1 nitrogen and oxygen atoms in total. The van der Waals surface area contributed by atoms with E-state index in [0.717, 1.165) is 30.6 Å². The van der Waals surface area contributed by atoms with Gasteiger partial charge in [0, 0.05) is 0 Å². The zero-order valence-electron chi connectivity index (χ0n) is 9.44. The van der Waals surface area contributed by atoms with Crippen molar-refractivity contribution in [3.63, 3.8) is 0 Å². The first-order valence-corrected chi connectivity index (χ1v) is 5.63. The van der Waals surface area contributed by atoms with Crippen LogP contribution in [-0.4, -0.2) is 13.1 Å². The van der Waals surface area contributed by atoms with Crippen molar-refractivity contribution in [2.75, 3.05) is 13.1 Å². The van der Waals surface area contributed by atoms with E-state index in [4.69, 9.17) is 0 Å². The summed E-state index contributed by atoms with van der Waals surface area (Å²) in [7, 11) is 0. The third-order valence-corrected chi connectivity index (χ3v) is 3.27. The van der Waals surface area contributed by atoms with Crippen LogP contribution in [0.3, 0.4) is 0 Å². The first-order chi connectivity index (χ1) is 7.16. The summed E-state index contributed by atoms with van der Waals surface area (Å²) in [5, 5.41) is 3.35. The highest BCUT2D eigenvalue weighted by Crippen LogP contribution is 2.21. The van der Waals surface area contributed by atoms with Gasteiger partial charge in [-0.3, -0.25) is 0 Å². The maximum atomic E-state index is 13.5. The van der Waals surface area contributed by atoms with E-state index in [1.54, 1.807) is 6.07 Å². The van der Waals surface area contributed by atoms with Crippen molar-refractivity contribution >= 4 is 0 Å². The van der Waals surface area contributed by atoms with Crippen LogP contribution in [0.4, 0.5) is 4.39 Å². The predicted molar refractivity (Wildman–Crippen MR) is 60.6 cm³/mol. The lowest BCUT2D eigenvalue weighted by molar-refractivity contribution is 0.567. The summed E-state index contributed by atoms with van der Waals surface area (Å²) in [5.74, 6) is 0.626. The van der Waals surface area contributed by atoms with Gasteiger partial charge < -0.3 is 5.32 Å². The molecule has 0 saturated carbocycles. The molecular weight excluding hydrogens is 189 g/mol. The summed E-state index contributed by atoms with van der Waals surface area (Å²) in [6.07, 6.45) is 2.23. The number of hydrogen-bond acceptors (Lipinski definition) is 1. The van der Waals surface area contributed by atoms with Crippen molar-refractivity contribution in [2.24, 2.45) is 5.92 Å². The molecule has 0 amide bonds. The summed E-state index contributed by atoms with van der Waals surface area (Å²) in [5.41, 5.74) is 3.03. The quantitative estimate of drug-likeness (QED) is 0.786. The molecule has 0 aliphatic carbocycles. The standard InChI is InChI=1S/C13H18FN/c1-9-5-12(10(2)13(14)6-9)7-11-3-4-15-8-11/h5-6,11,15H,3-4,7-8H2,1-2H3. The SMILES string of the molecule is Cc1cc(F)c(C)c(CC2CCNC2)c1. The minimum atomic E-state index is -0.0593. The molecule has 2 heteroatoms. The van der Waals surface area contributed by atoms with Crippen molar-refractivity contribution in [1.82, 2.24) is 5.32 Å². The Labute approximate surface area is 90.7 Å². The van der Waals surface area contributed by atoms with Crippen LogP contribution in [0.5, 0.6) is 0 Å². The Morgan fingerprint density at radius 1 is 1.40 bits per heavy atom. The molecule has 0 bridgehead atoms. The summed E-state index contributed by atoms with van der Waals surface area (Å²) in [6.45, 7) is 6.03. The van der Waals surface area contributed by atoms with Gasteiger partial charge in [-0.1, -0.05) is 6.07 Å². The normalized spacial score (nSPS) is 20.9. The van der Waals surface area contributed by atoms with Crippen molar-refractivity contribution in [1.29, 1.82) is 0 Å². The van der Waals surface area contributed by atoms with E-state index >= 15 is 0 Å². The van der Waals surface area contributed by atoms with Gasteiger partial charge in [0.1, 0.15) is 5.82 Å². The van der Waals surface area contributed by atoms with Crippen molar-refractivity contribution in [2.45, 2.75) is 26.7 Å². The molecule has 0 radical (unpaired) electrons. The molecule has 15 heavy (non-hydrogen) atoms. The van der Waals surface area contributed by atoms with E-state index in [1.807, 2.05) is 13.8 Å². The summed E-state index contributed by atoms with van der Waals surface area (Å²) in [6, 6.07) is 3.74. The van der Waals surface area contributed by atoms with E-state index in [2.05, 4.69) is 11.4 Å². The fourth-order valence-electron chi connectivity index (χ4n) is 2.30. The van der Waals surface area contributed by atoms with Gasteiger partial charge in [-0.2, -0.15) is 0 Å². The second kappa shape index (κ2) is 4.31. The van der Waals surface area contributed by atoms with Crippen molar-refractivity contribution in [3.05, 3.63) is 34.6 Å². The molecule has 1 fully saturated rings. The third-order valence-electron chi connectivity index (χ3n) is 3.27. The van der Waals surface area contributed by atoms with E-state index in [1.165, 1.54) is 12.0 Å². The van der Waals surface area contributed by atoms with E-state index in [-0.39, 0.29) is 5.82 Å². The first-order valence-electron chi connectivity index (χ1n) is 5.63. The van der Waals surface area contributed by atoms with Gasteiger partial charge in [0.05, 0.1) is 0 Å². The average Bonchev–Trinajstić information content (AvgIpc) is 2.66. The lowest BCUT2D eigenvalue weighted by Gasteiger charge is -2.12. The smallest absolute Gasteiger partial charge is 0.126 e. The molecule has 0 aromatic heterocycles. The van der Waals surface area contributed by atoms with E-state index < -0.39 is 0 Å². The Bertz CT molecular complexity index is 354. The fraction of sp³-hybridized carbons (Fsp3) is 0.538. The van der Waals surface area contributed by atoms with Crippen LogP contribution < -0.4 is 5.32 Å². The second-order valence-corrected chi connectivity index (χ2v) is 4.59. The van der Waals surface area contributed by atoms with Crippen LogP contribution in [0.15, 0.2) is 12.1 Å². The highest BCUT2D eigenvalue weighted by atomic mass is 19.1. The molecule has 1 N–H and O–H groups in total. The molecule has 1 aliphatic rings. The molecule has 2 rings (SSSR count). The molecule has 1 aromatic carbocycles. The second-order valence-electron chi connectivity index (χ2n) is 4.59. The zero-order valence-corrected chi connectivity index (χ0v) is 9.44. The maximum absolute atomic E-state index is 13.5. The Morgan fingerprint density at radius 2 is 2.20 bits per heavy atom. The first kappa shape index (κ1) is 10.6. The largest absolute Gasteiger partial charge is 0.316 e. The number of rotatable bonds is 2. The molecule has 1 unspecified atom stereocenters. The zero-order chi connectivity index (χ0) is 10.8. The lowest BCUT2D eigenvalue weighted by atomic mass is 9.94. The lowest BCUT2D eigenvalue weighted by Crippen LogP contribution is -2.11. The highest BCUT2D eigenvalue weighted by Gasteiger charge is 2.16. The molecular formula is C13H18FN. The molecule has 1 aromatic rings. The van der Waals surface area contributed by atoms with Crippen molar-refractivity contribution < 1.29 is 4.39 Å². The third kappa shape index (κ3) is 2.37. The fourth-order valence-corrected chi connectivity index (χ4v) is 2.30. The summed E-state index contributed by atoms with van der Waals surface area (Å²) >= 11 is 0. The van der Waals surface area contributed by atoms with Crippen LogP contribution in [0, 0.1) is 25.6 Å². The van der Waals surface area contributed by atoms with Crippen LogP contribution >= 0.6 is 0 Å². The number of nitrogens with one attached hydrogen (secondary N) is 1. The molecule has 1 heterocycles. The summed E-state index contributed by atoms with van der Waals surface area (Å²) in [4.78, 5) is 0. The molecule has 1 aliphatic heterocycles. The van der Waals surface area contributed by atoms with Gasteiger partial charge in [-0.05, 0) is 68.5 Å². The molecule has 1 saturated heterocycles. The van der Waals surface area contributed by atoms with Crippen LogP contribution in [0.1, 0.15) is 23.1 Å². The van der Waals surface area contributed by atoms with Gasteiger partial charge >= 0.3 is 0 Å². The minimum Gasteiger partial charge on any atom is -0.316 e. The van der Waals surface area contributed by atoms with E-state index in [9.17, 15) is 4.39 Å². The Balaban J connectivity index is 2.19. The highest BCUT2D eigenvalue weighted by molar-refractivity contribution is 5.32. The summed E-state index contributed by atoms with van der Waals surface area (Å²) < 4.78 is 13.5. The monoisotopic (exact) mass is 207 g/mol. The van der Waals surface area contributed by atoms with Gasteiger partial charge in [-0.15, -0.1) is 0 Å². The minimum absolute atomic E-state index is 0.0593. The maximum Gasteiger partial charge on any atom is 0.126 e. The number of aryl methyl sites for hydroxylation is 1. The Kier molecular flexibility index (Phi) is 3.06. The molecule has 0 spiro atoms. The van der Waals surface area contributed by atoms with Crippen LogP contribution in [0.2, 0.25) is 0 Å². The van der Waals surface area contributed by atoms with Gasteiger partial charge in [0.2, 0.25) is 0 Å². The van der Waals surface area contributed by atoms with E-state index in [0.29, 0.717) is 5.92 Å². The number of halogens is 1. The van der Waals surface area contributed by atoms with Gasteiger partial charge in [0.15, 0.2) is 0 Å². The Hall–Kier alpha value is -0.890.